The molecule has 0 heterocycles. The second-order valence-electron chi connectivity index (χ2n) is 6.19. The highest BCUT2D eigenvalue weighted by molar-refractivity contribution is 9.10. The average Bonchev–Trinajstić information content (AvgIpc) is 2.48. The summed E-state index contributed by atoms with van der Waals surface area (Å²) >= 11 is 3.69. The topological polar surface area (TPSA) is 12.0 Å². The van der Waals surface area contributed by atoms with E-state index in [-0.39, 0.29) is 0 Å². The molecule has 0 aromatic heterocycles. The summed E-state index contributed by atoms with van der Waals surface area (Å²) in [7, 11) is 0. The second-order valence-corrected chi connectivity index (χ2v) is 7.04. The van der Waals surface area contributed by atoms with Gasteiger partial charge in [-0.25, -0.2) is 0 Å². The lowest BCUT2D eigenvalue weighted by molar-refractivity contribution is 0.296. The van der Waals surface area contributed by atoms with Crippen molar-refractivity contribution in [3.63, 3.8) is 0 Å². The van der Waals surface area contributed by atoms with Crippen LogP contribution < -0.4 is 5.32 Å². The van der Waals surface area contributed by atoms with Gasteiger partial charge in [-0.3, -0.25) is 0 Å². The first-order valence-electron chi connectivity index (χ1n) is 8.26. The summed E-state index contributed by atoms with van der Waals surface area (Å²) in [5.74, 6) is 0.945. The van der Waals surface area contributed by atoms with Crippen molar-refractivity contribution in [3.8, 4) is 0 Å². The third-order valence-corrected chi connectivity index (χ3v) is 5.22. The molecule has 2 rings (SSSR count). The molecular weight excluding hydrogens is 310 g/mol. The zero-order valence-corrected chi connectivity index (χ0v) is 14.3. The molecule has 0 aliphatic heterocycles. The van der Waals surface area contributed by atoms with E-state index < -0.39 is 0 Å². The molecule has 1 unspecified atom stereocenters. The smallest absolute Gasteiger partial charge is 0.0207 e. The molecule has 0 saturated heterocycles. The molecule has 1 aliphatic rings. The molecule has 0 bridgehead atoms. The minimum absolute atomic E-state index is 0.636. The zero-order valence-electron chi connectivity index (χ0n) is 12.7. The summed E-state index contributed by atoms with van der Waals surface area (Å²) < 4.78 is 1.26. The molecule has 0 amide bonds. The minimum atomic E-state index is 0.636. The first-order valence-corrected chi connectivity index (χ1v) is 9.05. The van der Waals surface area contributed by atoms with Gasteiger partial charge in [0.05, 0.1) is 0 Å². The Hall–Kier alpha value is -0.340. The largest absolute Gasteiger partial charge is 0.314 e. The maximum Gasteiger partial charge on any atom is 0.0207 e. The number of rotatable bonds is 7. The van der Waals surface area contributed by atoms with E-state index in [4.69, 9.17) is 0 Å². The van der Waals surface area contributed by atoms with Gasteiger partial charge in [-0.2, -0.15) is 0 Å². The van der Waals surface area contributed by atoms with Crippen LogP contribution in [0.5, 0.6) is 0 Å². The first kappa shape index (κ1) is 16.0. The fourth-order valence-corrected chi connectivity index (χ4v) is 3.79. The summed E-state index contributed by atoms with van der Waals surface area (Å²) in [6.07, 6.45) is 10.9. The predicted molar refractivity (Wildman–Crippen MR) is 91.1 cm³/mol. The van der Waals surface area contributed by atoms with E-state index in [1.807, 2.05) is 0 Å². The molecule has 20 heavy (non-hydrogen) atoms. The molecule has 112 valence electrons. The highest BCUT2D eigenvalue weighted by Gasteiger charge is 2.19. The van der Waals surface area contributed by atoms with Crippen molar-refractivity contribution in [3.05, 3.63) is 34.3 Å². The number of hydrogen-bond donors (Lipinski definition) is 1. The average molecular weight is 338 g/mol. The van der Waals surface area contributed by atoms with Crippen LogP contribution in [0, 0.1) is 5.92 Å². The molecule has 1 saturated carbocycles. The van der Waals surface area contributed by atoms with Gasteiger partial charge in [-0.05, 0) is 43.4 Å². The van der Waals surface area contributed by atoms with E-state index in [1.165, 1.54) is 55.0 Å². The van der Waals surface area contributed by atoms with Crippen molar-refractivity contribution in [2.45, 2.75) is 64.3 Å². The van der Waals surface area contributed by atoms with Crippen LogP contribution in [0.15, 0.2) is 28.7 Å². The molecule has 1 aromatic carbocycles. The van der Waals surface area contributed by atoms with E-state index in [1.54, 1.807) is 0 Å². The molecule has 0 spiro atoms. The highest BCUT2D eigenvalue weighted by Crippen LogP contribution is 2.28. The van der Waals surface area contributed by atoms with E-state index in [0.717, 1.165) is 18.9 Å². The molecule has 1 aromatic rings. The summed E-state index contributed by atoms with van der Waals surface area (Å²) in [5.41, 5.74) is 1.44. The van der Waals surface area contributed by atoms with E-state index in [2.05, 4.69) is 52.4 Å². The number of halogens is 1. The van der Waals surface area contributed by atoms with Gasteiger partial charge < -0.3 is 5.32 Å². The van der Waals surface area contributed by atoms with Crippen molar-refractivity contribution >= 4 is 15.9 Å². The lowest BCUT2D eigenvalue weighted by Gasteiger charge is -2.27. The Balaban J connectivity index is 1.93. The molecule has 1 nitrogen and oxygen atoms in total. The van der Waals surface area contributed by atoms with Crippen LogP contribution in [0.4, 0.5) is 0 Å². The van der Waals surface area contributed by atoms with Crippen LogP contribution in [-0.4, -0.2) is 12.6 Å². The Kier molecular flexibility index (Phi) is 7.09. The minimum Gasteiger partial charge on any atom is -0.314 e. The lowest BCUT2D eigenvalue weighted by atomic mass is 9.83. The Bertz CT molecular complexity index is 385. The number of hydrogen-bond acceptors (Lipinski definition) is 1. The SMILES string of the molecule is CCCNC(Cc1ccccc1Br)CC1CCCCC1. The maximum absolute atomic E-state index is 3.77. The maximum atomic E-state index is 3.77. The number of benzene rings is 1. The standard InChI is InChI=1S/C18H28BrN/c1-2-12-20-17(13-15-8-4-3-5-9-15)14-16-10-6-7-11-18(16)19/h6-7,10-11,15,17,20H,2-5,8-9,12-14H2,1H3. The normalized spacial score (nSPS) is 18.1. The molecule has 1 aliphatic carbocycles. The molecule has 1 N–H and O–H groups in total. The van der Waals surface area contributed by atoms with Crippen LogP contribution in [-0.2, 0) is 6.42 Å². The van der Waals surface area contributed by atoms with Gasteiger partial charge in [0.25, 0.3) is 0 Å². The van der Waals surface area contributed by atoms with Crippen molar-refractivity contribution < 1.29 is 0 Å². The van der Waals surface area contributed by atoms with E-state index in [9.17, 15) is 0 Å². The monoisotopic (exact) mass is 337 g/mol. The molecule has 2 heteroatoms. The van der Waals surface area contributed by atoms with Crippen LogP contribution in [0.3, 0.4) is 0 Å². The van der Waals surface area contributed by atoms with Crippen molar-refractivity contribution in [2.24, 2.45) is 5.92 Å². The Morgan fingerprint density at radius 2 is 1.95 bits per heavy atom. The summed E-state index contributed by atoms with van der Waals surface area (Å²) in [5, 5.41) is 3.77. The number of nitrogens with one attached hydrogen (secondary N) is 1. The molecule has 1 fully saturated rings. The van der Waals surface area contributed by atoms with Gasteiger partial charge >= 0.3 is 0 Å². The summed E-state index contributed by atoms with van der Waals surface area (Å²) in [6.45, 7) is 3.39. The third-order valence-electron chi connectivity index (χ3n) is 4.45. The van der Waals surface area contributed by atoms with Crippen molar-refractivity contribution in [1.82, 2.24) is 5.32 Å². The predicted octanol–water partition coefficient (Wildman–Crippen LogP) is 5.33. The fourth-order valence-electron chi connectivity index (χ4n) is 3.34. The van der Waals surface area contributed by atoms with Crippen LogP contribution >= 0.6 is 15.9 Å². The second kappa shape index (κ2) is 8.84. The van der Waals surface area contributed by atoms with Gasteiger partial charge in [-0.1, -0.05) is 73.2 Å². The van der Waals surface area contributed by atoms with Crippen LogP contribution in [0.2, 0.25) is 0 Å². The molecular formula is C18H28BrN. The van der Waals surface area contributed by atoms with Gasteiger partial charge in [0, 0.05) is 10.5 Å². The van der Waals surface area contributed by atoms with Gasteiger partial charge in [0.15, 0.2) is 0 Å². The Morgan fingerprint density at radius 1 is 1.20 bits per heavy atom. The van der Waals surface area contributed by atoms with Crippen molar-refractivity contribution in [2.75, 3.05) is 6.54 Å². The Labute approximate surface area is 132 Å². The zero-order chi connectivity index (χ0) is 14.2. The van der Waals surface area contributed by atoms with Gasteiger partial charge in [0.2, 0.25) is 0 Å². The fraction of sp³-hybridized carbons (Fsp3) is 0.667. The van der Waals surface area contributed by atoms with Crippen LogP contribution in [0.25, 0.3) is 0 Å². The highest BCUT2D eigenvalue weighted by atomic mass is 79.9. The van der Waals surface area contributed by atoms with Gasteiger partial charge in [-0.15, -0.1) is 0 Å². The molecule has 1 atom stereocenters. The molecule has 0 radical (unpaired) electrons. The quantitative estimate of drug-likeness (QED) is 0.708. The van der Waals surface area contributed by atoms with Crippen molar-refractivity contribution in [1.29, 1.82) is 0 Å². The van der Waals surface area contributed by atoms with Gasteiger partial charge in [0.1, 0.15) is 0 Å². The van der Waals surface area contributed by atoms with Crippen LogP contribution in [0.1, 0.15) is 57.4 Å². The van der Waals surface area contributed by atoms with E-state index >= 15 is 0 Å². The lowest BCUT2D eigenvalue weighted by Crippen LogP contribution is -2.34. The summed E-state index contributed by atoms with van der Waals surface area (Å²) in [4.78, 5) is 0. The van der Waals surface area contributed by atoms with E-state index in [0.29, 0.717) is 6.04 Å². The Morgan fingerprint density at radius 3 is 2.65 bits per heavy atom. The third kappa shape index (κ3) is 5.21. The summed E-state index contributed by atoms with van der Waals surface area (Å²) in [6, 6.07) is 9.30. The first-order chi connectivity index (χ1) is 9.79.